The Balaban J connectivity index is 2.07. The summed E-state index contributed by atoms with van der Waals surface area (Å²) in [5, 5.41) is 0. The smallest absolute Gasteiger partial charge is 0.118 e. The van der Waals surface area contributed by atoms with Gasteiger partial charge in [-0.1, -0.05) is 0 Å². The van der Waals surface area contributed by atoms with Gasteiger partial charge in [-0.15, -0.1) is 0 Å². The van der Waals surface area contributed by atoms with E-state index in [9.17, 15) is 0 Å². The molecule has 0 bridgehead atoms. The molecule has 0 aliphatic carbocycles. The minimum Gasteiger partial charge on any atom is -0.493 e. The van der Waals surface area contributed by atoms with Crippen LogP contribution in [0.5, 0.6) is 0 Å². The first-order valence-electron chi connectivity index (χ1n) is 4.34. The van der Waals surface area contributed by atoms with Crippen LogP contribution in [-0.2, 0) is 9.47 Å². The largest absolute Gasteiger partial charge is 0.493 e. The molecule has 2 rings (SSSR count). The van der Waals surface area contributed by atoms with Gasteiger partial charge in [0, 0.05) is 25.5 Å². The summed E-state index contributed by atoms with van der Waals surface area (Å²) in [6, 6.07) is 0. The Morgan fingerprint density at radius 2 is 2.08 bits per heavy atom. The fourth-order valence-corrected chi connectivity index (χ4v) is 1.60. The van der Waals surface area contributed by atoms with E-state index in [0.29, 0.717) is 0 Å². The van der Waals surface area contributed by atoms with E-state index in [-0.39, 0.29) is 5.60 Å². The lowest BCUT2D eigenvalue weighted by molar-refractivity contribution is -0.0653. The molecule has 0 saturated carbocycles. The summed E-state index contributed by atoms with van der Waals surface area (Å²) in [5.41, 5.74) is -0.0191. The van der Waals surface area contributed by atoms with Gasteiger partial charge in [0.1, 0.15) is 11.9 Å². The Morgan fingerprint density at radius 3 is 2.92 bits per heavy atom. The Kier molecular flexibility index (Phi) is 2.13. The summed E-state index contributed by atoms with van der Waals surface area (Å²) in [6.07, 6.45) is 8.17. The number of aliphatic imine (C=N–C) groups is 1. The highest BCUT2D eigenvalue weighted by Crippen LogP contribution is 2.29. The zero-order valence-corrected chi connectivity index (χ0v) is 7.03. The molecule has 66 valence electrons. The van der Waals surface area contributed by atoms with Crippen molar-refractivity contribution in [1.82, 2.24) is 0 Å². The van der Waals surface area contributed by atoms with Gasteiger partial charge in [0.25, 0.3) is 0 Å². The van der Waals surface area contributed by atoms with Crippen molar-refractivity contribution >= 4 is 6.21 Å². The molecule has 2 heterocycles. The Hall–Kier alpha value is -0.830. The second-order valence-corrected chi connectivity index (χ2v) is 3.23. The molecule has 3 nitrogen and oxygen atoms in total. The molecular formula is C9H13NO2. The zero-order valence-electron chi connectivity index (χ0n) is 7.03. The molecule has 2 aliphatic heterocycles. The number of hydrogen-bond donors (Lipinski definition) is 0. The molecule has 3 heteroatoms. The van der Waals surface area contributed by atoms with Crippen LogP contribution in [0.25, 0.3) is 0 Å². The fourth-order valence-electron chi connectivity index (χ4n) is 1.60. The molecule has 0 radical (unpaired) electrons. The number of ether oxygens (including phenoxy) is 2. The second-order valence-electron chi connectivity index (χ2n) is 3.23. The van der Waals surface area contributed by atoms with Gasteiger partial charge in [0.05, 0.1) is 19.4 Å². The monoisotopic (exact) mass is 167 g/mol. The Morgan fingerprint density at radius 1 is 1.25 bits per heavy atom. The average molecular weight is 167 g/mol. The summed E-state index contributed by atoms with van der Waals surface area (Å²) in [6.45, 7) is 1.61. The molecular weight excluding hydrogens is 154 g/mol. The molecule has 0 N–H and O–H groups in total. The van der Waals surface area contributed by atoms with Crippen LogP contribution >= 0.6 is 0 Å². The maximum absolute atomic E-state index is 5.65. The predicted octanol–water partition coefficient (Wildman–Crippen LogP) is 1.50. The molecule has 12 heavy (non-hydrogen) atoms. The van der Waals surface area contributed by atoms with Gasteiger partial charge < -0.3 is 9.47 Å². The second kappa shape index (κ2) is 3.27. The van der Waals surface area contributed by atoms with Gasteiger partial charge in [-0.05, 0) is 0 Å². The van der Waals surface area contributed by atoms with Crippen molar-refractivity contribution in [3.8, 4) is 0 Å². The molecule has 0 atom stereocenters. The first-order chi connectivity index (χ1) is 5.91. The minimum absolute atomic E-state index is 0.0191. The molecule has 1 saturated heterocycles. The van der Waals surface area contributed by atoms with Crippen molar-refractivity contribution in [1.29, 1.82) is 0 Å². The third-order valence-electron chi connectivity index (χ3n) is 2.44. The van der Waals surface area contributed by atoms with Gasteiger partial charge in [-0.25, -0.2) is 0 Å². The van der Waals surface area contributed by atoms with Crippen molar-refractivity contribution in [2.45, 2.75) is 24.9 Å². The topological polar surface area (TPSA) is 30.8 Å². The van der Waals surface area contributed by atoms with E-state index in [4.69, 9.17) is 9.47 Å². The fraction of sp³-hybridized carbons (Fsp3) is 0.667. The number of hydrogen-bond acceptors (Lipinski definition) is 3. The molecule has 0 aromatic carbocycles. The van der Waals surface area contributed by atoms with Gasteiger partial charge >= 0.3 is 0 Å². The maximum Gasteiger partial charge on any atom is 0.118 e. The molecule has 0 aromatic heterocycles. The summed E-state index contributed by atoms with van der Waals surface area (Å²) >= 11 is 0. The van der Waals surface area contributed by atoms with Crippen molar-refractivity contribution in [2.75, 3.05) is 13.2 Å². The molecule has 0 unspecified atom stereocenters. The van der Waals surface area contributed by atoms with Crippen molar-refractivity contribution in [2.24, 2.45) is 4.99 Å². The lowest BCUT2D eigenvalue weighted by atomic mass is 9.91. The van der Waals surface area contributed by atoms with Crippen LogP contribution < -0.4 is 0 Å². The van der Waals surface area contributed by atoms with E-state index < -0.39 is 0 Å². The highest BCUT2D eigenvalue weighted by atomic mass is 16.5. The van der Waals surface area contributed by atoms with Crippen LogP contribution in [0.15, 0.2) is 17.5 Å². The van der Waals surface area contributed by atoms with Crippen LogP contribution in [0.3, 0.4) is 0 Å². The Bertz CT molecular complexity index is 189. The molecule has 2 aliphatic rings. The van der Waals surface area contributed by atoms with Gasteiger partial charge in [-0.3, -0.25) is 4.99 Å². The van der Waals surface area contributed by atoms with Gasteiger partial charge in [0.2, 0.25) is 0 Å². The zero-order chi connectivity index (χ0) is 8.28. The lowest BCUT2D eigenvalue weighted by Gasteiger charge is -2.34. The first kappa shape index (κ1) is 7.80. The molecule has 1 fully saturated rings. The quantitative estimate of drug-likeness (QED) is 0.547. The summed E-state index contributed by atoms with van der Waals surface area (Å²) in [4.78, 5) is 4.05. The first-order valence-corrected chi connectivity index (χ1v) is 4.34. The van der Waals surface area contributed by atoms with E-state index >= 15 is 0 Å². The van der Waals surface area contributed by atoms with E-state index in [2.05, 4.69) is 4.99 Å². The maximum atomic E-state index is 5.65. The SMILES string of the molecule is C1=COC2(CC=N1)CCOCC2. The highest BCUT2D eigenvalue weighted by Gasteiger charge is 2.33. The van der Waals surface area contributed by atoms with E-state index in [1.807, 2.05) is 6.21 Å². The van der Waals surface area contributed by atoms with Crippen LogP contribution in [0.4, 0.5) is 0 Å². The Labute approximate surface area is 72.1 Å². The van der Waals surface area contributed by atoms with Crippen LogP contribution in [0.1, 0.15) is 19.3 Å². The average Bonchev–Trinajstić information content (AvgIpc) is 2.33. The number of rotatable bonds is 0. The standard InChI is InChI=1S/C9H13NO2/c1-4-10-5-8-12-9(1)2-6-11-7-3-9/h4-5,8H,1-3,6-7H2. The van der Waals surface area contributed by atoms with E-state index in [1.54, 1.807) is 12.5 Å². The predicted molar refractivity (Wildman–Crippen MR) is 46.1 cm³/mol. The lowest BCUT2D eigenvalue weighted by Crippen LogP contribution is -2.37. The van der Waals surface area contributed by atoms with Gasteiger partial charge in [0.15, 0.2) is 0 Å². The van der Waals surface area contributed by atoms with Crippen LogP contribution in [-0.4, -0.2) is 25.0 Å². The van der Waals surface area contributed by atoms with E-state index in [1.165, 1.54) is 0 Å². The normalized spacial score (nSPS) is 26.7. The summed E-state index contributed by atoms with van der Waals surface area (Å²) < 4.78 is 10.9. The van der Waals surface area contributed by atoms with Crippen molar-refractivity contribution < 1.29 is 9.47 Å². The molecule has 0 aromatic rings. The van der Waals surface area contributed by atoms with Crippen LogP contribution in [0.2, 0.25) is 0 Å². The van der Waals surface area contributed by atoms with Crippen molar-refractivity contribution in [3.63, 3.8) is 0 Å². The molecule has 1 spiro atoms. The van der Waals surface area contributed by atoms with E-state index in [0.717, 1.165) is 32.5 Å². The summed E-state index contributed by atoms with van der Waals surface area (Å²) in [7, 11) is 0. The van der Waals surface area contributed by atoms with Gasteiger partial charge in [-0.2, -0.15) is 0 Å². The number of nitrogens with zero attached hydrogens (tertiary/aromatic N) is 1. The molecule has 0 amide bonds. The third kappa shape index (κ3) is 1.50. The van der Waals surface area contributed by atoms with Crippen molar-refractivity contribution in [3.05, 3.63) is 12.5 Å². The minimum atomic E-state index is -0.0191. The summed E-state index contributed by atoms with van der Waals surface area (Å²) in [5.74, 6) is 0. The van der Waals surface area contributed by atoms with Crippen LogP contribution in [0, 0.1) is 0 Å². The third-order valence-corrected chi connectivity index (χ3v) is 2.44. The highest BCUT2D eigenvalue weighted by molar-refractivity contribution is 5.60.